The Morgan fingerprint density at radius 3 is 2.29 bits per heavy atom. The second-order valence-corrected chi connectivity index (χ2v) is 10.5. The van der Waals surface area contributed by atoms with Gasteiger partial charge >= 0.3 is 12.1 Å². The fourth-order valence-electron chi connectivity index (χ4n) is 3.72. The predicted molar refractivity (Wildman–Crippen MR) is 136 cm³/mol. The summed E-state index contributed by atoms with van der Waals surface area (Å²) < 4.78 is 17.7. The van der Waals surface area contributed by atoms with Gasteiger partial charge in [-0.2, -0.15) is 0 Å². The zero-order chi connectivity index (χ0) is 25.2. The lowest BCUT2D eigenvalue weighted by atomic mass is 9.78. The van der Waals surface area contributed by atoms with Gasteiger partial charge in [0.1, 0.15) is 5.60 Å². The normalized spacial score (nSPS) is 13.1. The van der Waals surface area contributed by atoms with Crippen molar-refractivity contribution in [3.8, 4) is 0 Å². The summed E-state index contributed by atoms with van der Waals surface area (Å²) >= 11 is 3.51. The number of carbonyl (C=O) groups excluding carboxylic acids is 2. The number of benzene rings is 2. The van der Waals surface area contributed by atoms with Crippen molar-refractivity contribution < 1.29 is 23.8 Å². The van der Waals surface area contributed by atoms with E-state index in [1.54, 1.807) is 7.05 Å². The molecule has 0 spiro atoms. The molecule has 186 valence electrons. The molecule has 34 heavy (non-hydrogen) atoms. The average molecular weight is 534 g/mol. The topological polar surface area (TPSA) is 65.1 Å². The van der Waals surface area contributed by atoms with Crippen LogP contribution in [-0.2, 0) is 32.0 Å². The molecule has 0 radical (unpaired) electrons. The third-order valence-electron chi connectivity index (χ3n) is 5.39. The maximum absolute atomic E-state index is 13.1. The number of carbonyl (C=O) groups is 2. The minimum absolute atomic E-state index is 0.206. The lowest BCUT2D eigenvalue weighted by molar-refractivity contribution is -0.158. The van der Waals surface area contributed by atoms with Gasteiger partial charge in [0, 0.05) is 18.1 Å². The Morgan fingerprint density at radius 2 is 1.68 bits per heavy atom. The van der Waals surface area contributed by atoms with E-state index >= 15 is 0 Å². The first-order valence-corrected chi connectivity index (χ1v) is 12.2. The van der Waals surface area contributed by atoms with Crippen molar-refractivity contribution in [3.05, 3.63) is 70.2 Å². The minimum Gasteiger partial charge on any atom is -0.469 e. The van der Waals surface area contributed by atoms with Crippen molar-refractivity contribution >= 4 is 28.0 Å². The fourth-order valence-corrected chi connectivity index (χ4v) is 4.17. The minimum atomic E-state index is -0.890. The number of ether oxygens (including phenoxy) is 3. The molecule has 1 amide bonds. The van der Waals surface area contributed by atoms with Gasteiger partial charge in [-0.25, -0.2) is 4.79 Å². The summed E-state index contributed by atoms with van der Waals surface area (Å²) in [7, 11) is 3.11. The Morgan fingerprint density at radius 1 is 1.00 bits per heavy atom. The maximum Gasteiger partial charge on any atom is 0.410 e. The van der Waals surface area contributed by atoms with E-state index in [1.807, 2.05) is 75.4 Å². The third-order valence-corrected chi connectivity index (χ3v) is 5.89. The lowest BCUT2D eigenvalue weighted by Crippen LogP contribution is -2.40. The van der Waals surface area contributed by atoms with Gasteiger partial charge in [-0.05, 0) is 63.3 Å². The smallest absolute Gasteiger partial charge is 0.410 e. The first-order valence-electron chi connectivity index (χ1n) is 11.4. The number of rotatable bonds is 11. The van der Waals surface area contributed by atoms with Crippen molar-refractivity contribution in [1.29, 1.82) is 0 Å². The fraction of sp³-hybridized carbons (Fsp3) is 0.481. The molecule has 0 heterocycles. The van der Waals surface area contributed by atoms with Crippen molar-refractivity contribution in [2.45, 2.75) is 52.2 Å². The van der Waals surface area contributed by atoms with E-state index in [1.165, 1.54) is 12.0 Å². The quantitative estimate of drug-likeness (QED) is 0.330. The van der Waals surface area contributed by atoms with Crippen LogP contribution in [0.25, 0.3) is 0 Å². The monoisotopic (exact) mass is 533 g/mol. The van der Waals surface area contributed by atoms with E-state index in [9.17, 15) is 9.59 Å². The van der Waals surface area contributed by atoms with Crippen LogP contribution in [0.3, 0.4) is 0 Å². The van der Waals surface area contributed by atoms with Gasteiger partial charge in [0.05, 0.1) is 25.7 Å². The second kappa shape index (κ2) is 12.9. The summed E-state index contributed by atoms with van der Waals surface area (Å²) in [6, 6.07) is 17.7. The summed E-state index contributed by atoms with van der Waals surface area (Å²) in [5, 5.41) is 0. The van der Waals surface area contributed by atoms with Crippen molar-refractivity contribution in [2.75, 3.05) is 27.3 Å². The van der Waals surface area contributed by atoms with Gasteiger partial charge in [0.25, 0.3) is 0 Å². The van der Waals surface area contributed by atoms with Crippen LogP contribution in [0.4, 0.5) is 4.79 Å². The summed E-state index contributed by atoms with van der Waals surface area (Å²) in [4.78, 5) is 27.0. The van der Waals surface area contributed by atoms with Crippen LogP contribution >= 0.6 is 15.9 Å². The molecule has 0 aliphatic heterocycles. The van der Waals surface area contributed by atoms with Crippen LogP contribution in [0.5, 0.6) is 0 Å². The number of hydrogen-bond acceptors (Lipinski definition) is 5. The standard InChI is InChI=1S/C27H36BrNO5/c1-26(2,3)34-25(31)29(4)16-10-15-27(24(30)32-5,18-22-13-9-14-23(28)17-22)20-33-19-21-11-7-6-8-12-21/h6-9,11-14,17H,10,15-16,18-20H2,1-5H3. The molecule has 0 bridgehead atoms. The van der Waals surface area contributed by atoms with E-state index in [4.69, 9.17) is 14.2 Å². The van der Waals surface area contributed by atoms with E-state index in [-0.39, 0.29) is 18.7 Å². The van der Waals surface area contributed by atoms with Crippen LogP contribution in [0.1, 0.15) is 44.7 Å². The Kier molecular flexibility index (Phi) is 10.6. The van der Waals surface area contributed by atoms with Gasteiger partial charge in [-0.1, -0.05) is 58.4 Å². The summed E-state index contributed by atoms with van der Waals surface area (Å²) in [5.74, 6) is -0.319. The molecular weight excluding hydrogens is 498 g/mol. The second-order valence-electron chi connectivity index (χ2n) is 9.56. The van der Waals surface area contributed by atoms with E-state index in [0.29, 0.717) is 32.4 Å². The van der Waals surface area contributed by atoms with Gasteiger partial charge in [-0.15, -0.1) is 0 Å². The Balaban J connectivity index is 2.17. The largest absolute Gasteiger partial charge is 0.469 e. The first-order chi connectivity index (χ1) is 16.0. The number of amides is 1. The molecule has 0 saturated carbocycles. The molecular formula is C27H36BrNO5. The molecule has 0 fully saturated rings. The predicted octanol–water partition coefficient (Wildman–Crippen LogP) is 6.01. The number of esters is 1. The molecule has 0 aliphatic rings. The molecule has 1 unspecified atom stereocenters. The van der Waals surface area contributed by atoms with E-state index in [0.717, 1.165) is 15.6 Å². The lowest BCUT2D eigenvalue weighted by Gasteiger charge is -2.32. The van der Waals surface area contributed by atoms with Crippen LogP contribution in [0.15, 0.2) is 59.1 Å². The maximum atomic E-state index is 13.1. The Bertz CT molecular complexity index is 928. The number of nitrogens with zero attached hydrogens (tertiary/aromatic N) is 1. The van der Waals surface area contributed by atoms with Crippen LogP contribution in [0.2, 0.25) is 0 Å². The highest BCUT2D eigenvalue weighted by Crippen LogP contribution is 2.33. The molecule has 0 aliphatic carbocycles. The number of halogens is 1. The first kappa shape index (κ1) is 27.9. The highest BCUT2D eigenvalue weighted by molar-refractivity contribution is 9.10. The number of methoxy groups -OCH3 is 1. The molecule has 1 atom stereocenters. The average Bonchev–Trinajstić information content (AvgIpc) is 2.77. The van der Waals surface area contributed by atoms with Crippen LogP contribution in [0, 0.1) is 5.41 Å². The molecule has 7 heteroatoms. The van der Waals surface area contributed by atoms with E-state index in [2.05, 4.69) is 15.9 Å². The van der Waals surface area contributed by atoms with Crippen molar-refractivity contribution in [1.82, 2.24) is 4.90 Å². The summed E-state index contributed by atoms with van der Waals surface area (Å²) in [5.41, 5.74) is 0.587. The molecule has 6 nitrogen and oxygen atoms in total. The van der Waals surface area contributed by atoms with Gasteiger partial charge < -0.3 is 19.1 Å². The third kappa shape index (κ3) is 9.11. The van der Waals surface area contributed by atoms with E-state index < -0.39 is 11.0 Å². The summed E-state index contributed by atoms with van der Waals surface area (Å²) in [6.07, 6.45) is 1.16. The summed E-state index contributed by atoms with van der Waals surface area (Å²) in [6.45, 7) is 6.56. The molecule has 0 N–H and O–H groups in total. The molecule has 0 saturated heterocycles. The van der Waals surface area contributed by atoms with Gasteiger partial charge in [0.2, 0.25) is 0 Å². The molecule has 2 rings (SSSR count). The Labute approximate surface area is 211 Å². The van der Waals surface area contributed by atoms with Gasteiger partial charge in [0.15, 0.2) is 0 Å². The highest BCUT2D eigenvalue weighted by atomic mass is 79.9. The highest BCUT2D eigenvalue weighted by Gasteiger charge is 2.40. The Hall–Kier alpha value is -2.38. The molecule has 0 aromatic heterocycles. The van der Waals surface area contributed by atoms with Crippen molar-refractivity contribution in [3.63, 3.8) is 0 Å². The zero-order valence-electron chi connectivity index (χ0n) is 20.8. The van der Waals surface area contributed by atoms with Crippen LogP contribution in [-0.4, -0.2) is 49.9 Å². The SMILES string of the molecule is COC(=O)C(CCCN(C)C(=O)OC(C)(C)C)(COCc1ccccc1)Cc1cccc(Br)c1. The molecule has 2 aromatic rings. The van der Waals surface area contributed by atoms with Crippen molar-refractivity contribution in [2.24, 2.45) is 5.41 Å². The van der Waals surface area contributed by atoms with Crippen LogP contribution < -0.4 is 0 Å². The zero-order valence-corrected chi connectivity index (χ0v) is 22.4. The van der Waals surface area contributed by atoms with Gasteiger partial charge in [-0.3, -0.25) is 4.79 Å². The molecule has 2 aromatic carbocycles. The number of hydrogen-bond donors (Lipinski definition) is 0.